The van der Waals surface area contributed by atoms with E-state index in [1.807, 2.05) is 18.2 Å². The molecule has 3 N–H and O–H groups in total. The van der Waals surface area contributed by atoms with Gasteiger partial charge in [-0.05, 0) is 52.3 Å². The van der Waals surface area contributed by atoms with Crippen LogP contribution in [0.5, 0.6) is 5.75 Å². The highest BCUT2D eigenvalue weighted by molar-refractivity contribution is 9.11. The number of amides is 1. The molecule has 0 unspecified atom stereocenters. The Bertz CT molecular complexity index is 989. The molecule has 1 aromatic heterocycles. The largest absolute Gasteiger partial charge is 0.494 e. The number of carbonyl (C=O) groups is 1. The van der Waals surface area contributed by atoms with E-state index in [4.69, 9.17) is 26.5 Å². The van der Waals surface area contributed by atoms with E-state index in [9.17, 15) is 4.79 Å². The van der Waals surface area contributed by atoms with E-state index < -0.39 is 5.91 Å². The summed E-state index contributed by atoms with van der Waals surface area (Å²) in [6, 6.07) is 12.1. The summed E-state index contributed by atoms with van der Waals surface area (Å²) in [6.45, 7) is 0. The van der Waals surface area contributed by atoms with Crippen molar-refractivity contribution in [1.29, 1.82) is 0 Å². The Morgan fingerprint density at radius 2 is 1.96 bits per heavy atom. The minimum Gasteiger partial charge on any atom is -0.494 e. The first-order chi connectivity index (χ1) is 12.4. The van der Waals surface area contributed by atoms with Gasteiger partial charge in [-0.25, -0.2) is 0 Å². The predicted octanol–water partition coefficient (Wildman–Crippen LogP) is 5.97. The van der Waals surface area contributed by atoms with Crippen LogP contribution in [0.25, 0.3) is 11.3 Å². The van der Waals surface area contributed by atoms with Gasteiger partial charge >= 0.3 is 0 Å². The van der Waals surface area contributed by atoms with Crippen LogP contribution in [0.1, 0.15) is 10.6 Å². The highest BCUT2D eigenvalue weighted by Crippen LogP contribution is 2.36. The third-order valence-electron chi connectivity index (χ3n) is 3.56. The van der Waals surface area contributed by atoms with Crippen LogP contribution < -0.4 is 15.8 Å². The number of nitrogen functional groups attached to an aromatic ring is 1. The summed E-state index contributed by atoms with van der Waals surface area (Å²) in [7, 11) is 1.47. The highest BCUT2D eigenvalue weighted by Gasteiger charge is 2.18. The number of ether oxygens (including phenoxy) is 1. The average molecular weight is 501 g/mol. The number of methoxy groups -OCH3 is 1. The van der Waals surface area contributed by atoms with Crippen molar-refractivity contribution in [1.82, 2.24) is 0 Å². The van der Waals surface area contributed by atoms with Crippen molar-refractivity contribution in [3.8, 4) is 17.1 Å². The number of hydrogen-bond donors (Lipinski definition) is 2. The number of furan rings is 1. The topological polar surface area (TPSA) is 77.5 Å². The maximum atomic E-state index is 12.5. The molecule has 8 heteroatoms. The molecule has 0 aliphatic rings. The Balaban J connectivity index is 1.88. The molecule has 5 nitrogen and oxygen atoms in total. The normalized spacial score (nSPS) is 10.6. The molecule has 134 valence electrons. The molecule has 0 saturated carbocycles. The SMILES string of the molecule is COc1cc(N)cc(Cl)c1NC(=O)c1ccc(-c2ccc(Br)cc2Br)o1. The Labute approximate surface area is 171 Å². The van der Waals surface area contributed by atoms with Crippen LogP contribution in [-0.4, -0.2) is 13.0 Å². The molecule has 1 amide bonds. The zero-order chi connectivity index (χ0) is 18.8. The molecule has 0 aliphatic heterocycles. The minimum atomic E-state index is -0.450. The summed E-state index contributed by atoms with van der Waals surface area (Å²) in [6.07, 6.45) is 0. The van der Waals surface area contributed by atoms with E-state index in [0.29, 0.717) is 22.9 Å². The summed E-state index contributed by atoms with van der Waals surface area (Å²) in [5.41, 5.74) is 7.33. The third kappa shape index (κ3) is 3.90. The second-order valence-electron chi connectivity index (χ2n) is 5.32. The lowest BCUT2D eigenvalue weighted by Crippen LogP contribution is -2.12. The van der Waals surface area contributed by atoms with Gasteiger partial charge in [0.2, 0.25) is 0 Å². The number of hydrogen-bond acceptors (Lipinski definition) is 4. The van der Waals surface area contributed by atoms with E-state index in [1.165, 1.54) is 13.2 Å². The summed E-state index contributed by atoms with van der Waals surface area (Å²) in [5, 5.41) is 2.97. The smallest absolute Gasteiger partial charge is 0.291 e. The molecule has 0 spiro atoms. The van der Waals surface area contributed by atoms with Crippen molar-refractivity contribution in [3.05, 3.63) is 62.2 Å². The van der Waals surface area contributed by atoms with Gasteiger partial charge in [0.25, 0.3) is 5.91 Å². The molecule has 26 heavy (non-hydrogen) atoms. The standard InChI is InChI=1S/C18H13Br2ClN2O3/c1-25-16-8-10(22)7-13(21)17(16)23-18(24)15-5-4-14(26-15)11-3-2-9(19)6-12(11)20/h2-8H,22H2,1H3,(H,23,24). The molecular formula is C18H13Br2ClN2O3. The van der Waals surface area contributed by atoms with Crippen molar-refractivity contribution in [3.63, 3.8) is 0 Å². The van der Waals surface area contributed by atoms with E-state index in [2.05, 4.69) is 37.2 Å². The fraction of sp³-hybridized carbons (Fsp3) is 0.0556. The highest BCUT2D eigenvalue weighted by atomic mass is 79.9. The van der Waals surface area contributed by atoms with Crippen molar-refractivity contribution in [2.75, 3.05) is 18.2 Å². The van der Waals surface area contributed by atoms with Gasteiger partial charge in [0.15, 0.2) is 5.76 Å². The number of nitrogens with one attached hydrogen (secondary N) is 1. The van der Waals surface area contributed by atoms with Crippen LogP contribution in [0, 0.1) is 0 Å². The first-order valence-corrected chi connectivity index (χ1v) is 9.35. The summed E-state index contributed by atoms with van der Waals surface area (Å²) < 4.78 is 12.7. The lowest BCUT2D eigenvalue weighted by atomic mass is 10.2. The first kappa shape index (κ1) is 18.8. The molecular weight excluding hydrogens is 487 g/mol. The molecule has 0 atom stereocenters. The van der Waals surface area contributed by atoms with E-state index in [0.717, 1.165) is 14.5 Å². The van der Waals surface area contributed by atoms with Gasteiger partial charge in [0.05, 0.1) is 12.1 Å². The van der Waals surface area contributed by atoms with Crippen LogP contribution in [0.4, 0.5) is 11.4 Å². The van der Waals surface area contributed by atoms with Crippen molar-refractivity contribution in [2.45, 2.75) is 0 Å². The molecule has 0 fully saturated rings. The second-order valence-corrected chi connectivity index (χ2v) is 7.50. The molecule has 3 aromatic rings. The number of nitrogens with two attached hydrogens (primary N) is 1. The Morgan fingerprint density at radius 1 is 1.19 bits per heavy atom. The van der Waals surface area contributed by atoms with Crippen molar-refractivity contribution in [2.24, 2.45) is 0 Å². The summed E-state index contributed by atoms with van der Waals surface area (Å²) in [4.78, 5) is 12.5. The van der Waals surface area contributed by atoms with Gasteiger partial charge in [0, 0.05) is 26.3 Å². The zero-order valence-electron chi connectivity index (χ0n) is 13.5. The van der Waals surface area contributed by atoms with Gasteiger partial charge in [-0.15, -0.1) is 0 Å². The van der Waals surface area contributed by atoms with Crippen molar-refractivity contribution >= 4 is 60.7 Å². The number of rotatable bonds is 4. The fourth-order valence-corrected chi connectivity index (χ4v) is 3.86. The number of benzene rings is 2. The Hall–Kier alpha value is -1.96. The molecule has 0 radical (unpaired) electrons. The van der Waals surface area contributed by atoms with Crippen LogP contribution in [0.15, 0.2) is 55.8 Å². The van der Waals surface area contributed by atoms with E-state index >= 15 is 0 Å². The van der Waals surface area contributed by atoms with Gasteiger partial charge < -0.3 is 20.2 Å². The molecule has 0 bridgehead atoms. The number of halogens is 3. The first-order valence-electron chi connectivity index (χ1n) is 7.38. The summed E-state index contributed by atoms with van der Waals surface area (Å²) in [5.74, 6) is 0.620. The van der Waals surface area contributed by atoms with Crippen LogP contribution in [-0.2, 0) is 0 Å². The van der Waals surface area contributed by atoms with Crippen LogP contribution in [0.2, 0.25) is 5.02 Å². The van der Waals surface area contributed by atoms with Gasteiger partial charge in [0.1, 0.15) is 17.2 Å². The quantitative estimate of drug-likeness (QED) is 0.433. The number of carbonyl (C=O) groups excluding carboxylic acids is 1. The van der Waals surface area contributed by atoms with E-state index in [1.54, 1.807) is 18.2 Å². The maximum absolute atomic E-state index is 12.5. The summed E-state index contributed by atoms with van der Waals surface area (Å²) >= 11 is 13.1. The van der Waals surface area contributed by atoms with Gasteiger partial charge in [-0.2, -0.15) is 0 Å². The van der Waals surface area contributed by atoms with Crippen LogP contribution in [0.3, 0.4) is 0 Å². The minimum absolute atomic E-state index is 0.143. The molecule has 3 rings (SSSR count). The predicted molar refractivity (Wildman–Crippen MR) is 110 cm³/mol. The fourth-order valence-electron chi connectivity index (χ4n) is 2.35. The maximum Gasteiger partial charge on any atom is 0.291 e. The lowest BCUT2D eigenvalue weighted by Gasteiger charge is -2.12. The van der Waals surface area contributed by atoms with Gasteiger partial charge in [-0.3, -0.25) is 4.79 Å². The van der Waals surface area contributed by atoms with Crippen molar-refractivity contribution < 1.29 is 13.9 Å². The zero-order valence-corrected chi connectivity index (χ0v) is 17.4. The molecule has 0 saturated heterocycles. The number of anilines is 2. The van der Waals surface area contributed by atoms with Gasteiger partial charge in [-0.1, -0.05) is 27.5 Å². The molecule has 0 aliphatic carbocycles. The average Bonchev–Trinajstić information content (AvgIpc) is 3.06. The third-order valence-corrected chi connectivity index (χ3v) is 5.01. The van der Waals surface area contributed by atoms with E-state index in [-0.39, 0.29) is 10.8 Å². The monoisotopic (exact) mass is 498 g/mol. The lowest BCUT2D eigenvalue weighted by molar-refractivity contribution is 0.0997. The second kappa shape index (κ2) is 7.73. The van der Waals surface area contributed by atoms with Crippen LogP contribution >= 0.6 is 43.5 Å². The Kier molecular flexibility index (Phi) is 5.60. The molecule has 2 aromatic carbocycles. The Morgan fingerprint density at radius 3 is 2.65 bits per heavy atom. The molecule has 1 heterocycles.